The van der Waals surface area contributed by atoms with Crippen LogP contribution in [0.2, 0.25) is 0 Å². The first-order valence-electron chi connectivity index (χ1n) is 43.2. The predicted octanol–water partition coefficient (Wildman–Crippen LogP) is -2.76. The standard InChI is InChI=1S/C79H129F5N14O33/c80-69-70(81)72(83)75(73(84)71(69)82)130-68(110)12-25-118-31-35-122-37-38-123-36-32-119-26-18-88-65(107)49-86-48-57(5-1-2-17-87-63(105)11-24-117-30-34-121-28-20-98-51-59(93-96-98)55-127-42-40-125-44-46-129-79(77(113)114)14-8-61(91-67(109)53-102)74(131-79)62(104)10-22-100)90-64(106)6-3-15-85-16-4-23-116-29-33-120-27-19-97-50-58(92-95-97)54-126-41-39-124-43-45-128-78(94-115,76(111)112)13-7-56(89-66(108)52-101)47-60(103)9-21-99/h50-51,56-57,60-62,74,85-86,99-104H,1-49,52-55H2,(H,87,105)(H,88,107)(H,89,108)(H,90,106)(H,91,109)(H,111,112)(H,113,114)/t56-,57+,60-,61-,62-,74-,78-,79+/m1/s1. The van der Waals surface area contributed by atoms with E-state index in [1.807, 2.05) is 0 Å². The molecule has 1 aliphatic heterocycles. The number of carbonyl (C=O) groups is 8. The fraction of sp³-hybridized carbons (Fsp3) is 0.772. The number of halogens is 5. The number of amides is 5. The molecule has 2 aromatic heterocycles. The van der Waals surface area contributed by atoms with Crippen molar-refractivity contribution >= 4 is 47.4 Å². The number of carboxylic acid groups (broad SMARTS) is 2. The van der Waals surface area contributed by atoms with Crippen LogP contribution in [0.3, 0.4) is 0 Å². The summed E-state index contributed by atoms with van der Waals surface area (Å²) < 4.78 is 158. The summed E-state index contributed by atoms with van der Waals surface area (Å²) in [6, 6.07) is -2.04. The van der Waals surface area contributed by atoms with E-state index in [1.165, 1.54) is 0 Å². The third-order valence-electron chi connectivity index (χ3n) is 18.9. The van der Waals surface area contributed by atoms with Crippen LogP contribution >= 0.6 is 0 Å². The summed E-state index contributed by atoms with van der Waals surface area (Å²) in [4.78, 5) is 110. The van der Waals surface area contributed by atoms with Crippen molar-refractivity contribution < 1.29 is 177 Å². The van der Waals surface area contributed by atoms with Crippen LogP contribution in [0.15, 0.2) is 17.6 Å². The van der Waals surface area contributed by atoms with Crippen LogP contribution in [0.1, 0.15) is 108 Å². The molecule has 0 bridgehead atoms. The zero-order chi connectivity index (χ0) is 95.5. The number of nitroso groups, excluding NO2 is 1. The van der Waals surface area contributed by atoms with Gasteiger partial charge in [0.15, 0.2) is 0 Å². The lowest BCUT2D eigenvalue weighted by molar-refractivity contribution is -0.294. The highest BCUT2D eigenvalue weighted by molar-refractivity contribution is 5.80. The molecule has 131 heavy (non-hydrogen) atoms. The van der Waals surface area contributed by atoms with Crippen LogP contribution in [0.5, 0.6) is 5.75 Å². The molecule has 0 radical (unpaired) electrons. The van der Waals surface area contributed by atoms with Gasteiger partial charge in [0.05, 0.1) is 222 Å². The van der Waals surface area contributed by atoms with E-state index >= 15 is 0 Å². The predicted molar refractivity (Wildman–Crippen MR) is 440 cm³/mol. The lowest BCUT2D eigenvalue weighted by Gasteiger charge is -2.43. The molecule has 1 aromatic carbocycles. The van der Waals surface area contributed by atoms with Crippen molar-refractivity contribution in [2.75, 3.05) is 224 Å². The summed E-state index contributed by atoms with van der Waals surface area (Å²) in [5.41, 5.74) is -1.42. The number of aliphatic carboxylic acids is 2. The summed E-state index contributed by atoms with van der Waals surface area (Å²) >= 11 is 0. The van der Waals surface area contributed by atoms with Crippen LogP contribution in [0.25, 0.3) is 0 Å². The van der Waals surface area contributed by atoms with E-state index < -0.39 is 139 Å². The minimum absolute atomic E-state index is 0.00244. The van der Waals surface area contributed by atoms with Gasteiger partial charge in [-0.2, -0.15) is 8.78 Å². The average Bonchev–Trinajstić information content (AvgIpc) is 1.27. The number of esters is 1. The van der Waals surface area contributed by atoms with E-state index in [0.29, 0.717) is 109 Å². The quantitative estimate of drug-likeness (QED) is 0.00518. The summed E-state index contributed by atoms with van der Waals surface area (Å²) in [6.07, 6.45) is 1.56. The largest absolute Gasteiger partial charge is 0.478 e. The number of aliphatic hydroxyl groups excluding tert-OH is 6. The van der Waals surface area contributed by atoms with Crippen molar-refractivity contribution in [1.82, 2.24) is 67.2 Å². The van der Waals surface area contributed by atoms with Gasteiger partial charge in [0, 0.05) is 77.2 Å². The van der Waals surface area contributed by atoms with E-state index in [4.69, 9.17) is 86.4 Å². The third kappa shape index (κ3) is 49.9. The van der Waals surface area contributed by atoms with Crippen molar-refractivity contribution in [3.8, 4) is 5.75 Å². The van der Waals surface area contributed by atoms with Gasteiger partial charge >= 0.3 is 17.9 Å². The van der Waals surface area contributed by atoms with Gasteiger partial charge in [0.25, 0.3) is 11.5 Å². The first-order chi connectivity index (χ1) is 63.3. The maximum atomic E-state index is 13.8. The number of nitrogens with one attached hydrogen (secondary N) is 7. The Labute approximate surface area is 752 Å². The maximum Gasteiger partial charge on any atom is 0.364 e. The molecule has 1 aliphatic rings. The zero-order valence-electron chi connectivity index (χ0n) is 73.4. The molecule has 5 amide bonds. The molecule has 15 N–H and O–H groups in total. The summed E-state index contributed by atoms with van der Waals surface area (Å²) in [6.45, 7) is 3.68. The van der Waals surface area contributed by atoms with Crippen LogP contribution in [-0.2, 0) is 136 Å². The minimum atomic E-state index is -2.51. The molecule has 0 spiro atoms. The second-order valence-corrected chi connectivity index (χ2v) is 29.2. The highest BCUT2D eigenvalue weighted by atomic mass is 19.2. The molecule has 3 aromatic rings. The topological polar surface area (TPSA) is 621 Å². The number of aliphatic hydroxyl groups is 6. The normalized spacial score (nSPS) is 15.9. The fourth-order valence-corrected chi connectivity index (χ4v) is 12.2. The molecule has 0 saturated carbocycles. The van der Waals surface area contributed by atoms with Crippen LogP contribution in [-0.4, -0.2) is 390 Å². The Balaban J connectivity index is 1.04. The van der Waals surface area contributed by atoms with Gasteiger partial charge in [-0.05, 0) is 82.5 Å². The number of ether oxygens (including phenoxy) is 16. The Morgan fingerprint density at radius 2 is 1.02 bits per heavy atom. The molecule has 52 heteroatoms. The molecule has 748 valence electrons. The van der Waals surface area contributed by atoms with Gasteiger partial charge in [-0.15, -0.1) is 15.1 Å². The highest BCUT2D eigenvalue weighted by Gasteiger charge is 2.51. The van der Waals surface area contributed by atoms with Gasteiger partial charge < -0.3 is 154 Å². The number of aromatic nitrogens is 6. The summed E-state index contributed by atoms with van der Waals surface area (Å²) in [5, 5.41) is 116. The molecule has 3 heterocycles. The molecule has 4 rings (SSSR count). The van der Waals surface area contributed by atoms with Gasteiger partial charge in [-0.3, -0.25) is 28.8 Å². The Kier molecular flexibility index (Phi) is 61.7. The molecule has 1 fully saturated rings. The number of carboxylic acids is 2. The molecule has 0 unspecified atom stereocenters. The Morgan fingerprint density at radius 3 is 1.59 bits per heavy atom. The highest BCUT2D eigenvalue weighted by Crippen LogP contribution is 2.34. The van der Waals surface area contributed by atoms with Crippen LogP contribution in [0.4, 0.5) is 22.0 Å². The zero-order valence-corrected chi connectivity index (χ0v) is 73.4. The molecule has 1 saturated heterocycles. The molecule has 47 nitrogen and oxygen atoms in total. The van der Waals surface area contributed by atoms with Crippen molar-refractivity contribution in [2.24, 2.45) is 5.18 Å². The smallest absolute Gasteiger partial charge is 0.364 e. The van der Waals surface area contributed by atoms with Crippen molar-refractivity contribution in [3.05, 3.63) is 57.8 Å². The van der Waals surface area contributed by atoms with Crippen molar-refractivity contribution in [1.29, 1.82) is 0 Å². The van der Waals surface area contributed by atoms with E-state index in [0.717, 1.165) is 0 Å². The first kappa shape index (κ1) is 115. The molecule has 8 atom stereocenters. The minimum Gasteiger partial charge on any atom is -0.478 e. The average molecular weight is 1900 g/mol. The van der Waals surface area contributed by atoms with Crippen LogP contribution in [0, 0.1) is 34.0 Å². The Bertz CT molecular complexity index is 3670. The van der Waals surface area contributed by atoms with Gasteiger partial charge in [-0.25, -0.2) is 32.1 Å². The fourth-order valence-electron chi connectivity index (χ4n) is 12.2. The second kappa shape index (κ2) is 70.3. The van der Waals surface area contributed by atoms with E-state index in [2.05, 4.69) is 67.8 Å². The van der Waals surface area contributed by atoms with Gasteiger partial charge in [0.1, 0.15) is 30.7 Å². The number of rotatable bonds is 84. The van der Waals surface area contributed by atoms with Crippen molar-refractivity contribution in [2.45, 2.75) is 171 Å². The number of benzene rings is 1. The number of nitrogens with zero attached hydrogens (tertiary/aromatic N) is 7. The third-order valence-corrected chi connectivity index (χ3v) is 18.9. The number of carbonyl (C=O) groups excluding carboxylic acids is 6. The number of hydrogen-bond donors (Lipinski definition) is 15. The Morgan fingerprint density at radius 1 is 0.511 bits per heavy atom. The maximum absolute atomic E-state index is 13.8. The molecular formula is C79H129F5N14O33. The Hall–Kier alpha value is -8.41. The van der Waals surface area contributed by atoms with E-state index in [9.17, 15) is 90.7 Å². The first-order valence-corrected chi connectivity index (χ1v) is 43.2. The van der Waals surface area contributed by atoms with Gasteiger partial charge in [-0.1, -0.05) is 10.4 Å². The lowest BCUT2D eigenvalue weighted by atomic mass is 9.91. The van der Waals surface area contributed by atoms with E-state index in [-0.39, 0.29) is 240 Å². The summed E-state index contributed by atoms with van der Waals surface area (Å²) in [7, 11) is 0. The monoisotopic (exact) mass is 1900 g/mol. The second-order valence-electron chi connectivity index (χ2n) is 29.2. The lowest BCUT2D eigenvalue weighted by Crippen LogP contribution is -2.61. The molecular weight excluding hydrogens is 1770 g/mol. The van der Waals surface area contributed by atoms with Crippen LogP contribution < -0.4 is 42.0 Å². The van der Waals surface area contributed by atoms with E-state index in [1.54, 1.807) is 21.8 Å². The SMILES string of the molecule is O=N[C@](CC[C@H](C[C@H](O)CCO)NC(=O)CO)(OCCOCCOCc1cn(CCOCCOCCCNCCCC(=O)N[C@@H](CCCCNC(=O)CCOCCOCCn2cc(COCCOCCO[C@@]3(C(=O)O)CC[C@@H](NC(=O)CO)[C@H]([C@H](O)CCO)O3)nn2)CNCC(=O)NCCOCCOCCOCCOCCC(=O)Oc2c(F)c(F)c(F)c(F)c2F)nn1)C(=O)O. The summed E-state index contributed by atoms with van der Waals surface area (Å²) in [5.74, 6) is -21.9. The number of unbranched alkanes of at least 4 members (excludes halogenated alkanes) is 1. The number of hydrogen-bond acceptors (Lipinski definition) is 38. The van der Waals surface area contributed by atoms with Crippen molar-refractivity contribution in [3.63, 3.8) is 0 Å². The van der Waals surface area contributed by atoms with Gasteiger partial charge in [0.2, 0.25) is 64.4 Å². The molecule has 0 aliphatic carbocycles.